The maximum absolute atomic E-state index is 9.56. The zero-order chi connectivity index (χ0) is 7.94. The Morgan fingerprint density at radius 3 is 2.64 bits per heavy atom. The predicted octanol–water partition coefficient (Wildman–Crippen LogP) is 1.81. The molecule has 0 saturated carbocycles. The number of hydrogen-bond donors (Lipinski definition) is 1. The van der Waals surface area contributed by atoms with Gasteiger partial charge in [0.1, 0.15) is 0 Å². The van der Waals surface area contributed by atoms with E-state index in [2.05, 4.69) is 15.7 Å². The van der Waals surface area contributed by atoms with Crippen LogP contribution in [0.2, 0.25) is 0 Å². The summed E-state index contributed by atoms with van der Waals surface area (Å²) in [4.78, 5) is 9.56. The number of para-hydroxylation sites is 1. The van der Waals surface area contributed by atoms with Crippen molar-refractivity contribution in [3.63, 3.8) is 0 Å². The maximum atomic E-state index is 9.56. The topological polar surface area (TPSA) is 53.8 Å². The van der Waals surface area contributed by atoms with Gasteiger partial charge in [0.05, 0.1) is 5.69 Å². The Morgan fingerprint density at radius 1 is 1.27 bits per heavy atom. The molecule has 1 aromatic carbocycles. The second kappa shape index (κ2) is 4.16. The summed E-state index contributed by atoms with van der Waals surface area (Å²) in [6.45, 7) is 0. The molecule has 0 amide bonds. The minimum atomic E-state index is 0.826. The normalized spacial score (nSPS) is 9.82. The van der Waals surface area contributed by atoms with E-state index in [1.807, 2.05) is 30.3 Å². The van der Waals surface area contributed by atoms with Crippen LogP contribution in [0.1, 0.15) is 0 Å². The number of hydrazone groups is 1. The van der Waals surface area contributed by atoms with E-state index in [1.54, 1.807) is 0 Å². The van der Waals surface area contributed by atoms with Gasteiger partial charge < -0.3 is 0 Å². The fourth-order valence-corrected chi connectivity index (χ4v) is 0.640. The lowest BCUT2D eigenvalue weighted by Crippen LogP contribution is -1.86. The lowest BCUT2D eigenvalue weighted by atomic mass is 10.3. The van der Waals surface area contributed by atoms with E-state index < -0.39 is 0 Å². The molecular formula is C7H7N3O. The van der Waals surface area contributed by atoms with Gasteiger partial charge in [0, 0.05) is 0 Å². The second-order valence-electron chi connectivity index (χ2n) is 1.83. The summed E-state index contributed by atoms with van der Waals surface area (Å²) >= 11 is 0. The van der Waals surface area contributed by atoms with Gasteiger partial charge in [-0.25, -0.2) is 0 Å². The smallest absolute Gasteiger partial charge is 0.180 e. The lowest BCUT2D eigenvalue weighted by molar-refractivity contribution is 1.34. The summed E-state index contributed by atoms with van der Waals surface area (Å²) in [5.41, 5.74) is 3.45. The molecule has 0 bridgehead atoms. The highest BCUT2D eigenvalue weighted by Crippen LogP contribution is 2.03. The van der Waals surface area contributed by atoms with E-state index in [-0.39, 0.29) is 0 Å². The zero-order valence-corrected chi connectivity index (χ0v) is 5.77. The predicted molar refractivity (Wildman–Crippen MR) is 44.4 cm³/mol. The molecule has 0 aliphatic carbocycles. The molecule has 11 heavy (non-hydrogen) atoms. The molecule has 0 fully saturated rings. The van der Waals surface area contributed by atoms with Gasteiger partial charge in [-0.05, 0) is 17.3 Å². The third-order valence-electron chi connectivity index (χ3n) is 1.07. The van der Waals surface area contributed by atoms with Crippen LogP contribution in [-0.2, 0) is 0 Å². The average Bonchev–Trinajstić information content (AvgIpc) is 2.07. The van der Waals surface area contributed by atoms with E-state index in [0.717, 1.165) is 12.0 Å². The maximum Gasteiger partial charge on any atom is 0.180 e. The molecule has 0 heterocycles. The Kier molecular flexibility index (Phi) is 2.80. The quantitative estimate of drug-likeness (QED) is 0.308. The lowest BCUT2D eigenvalue weighted by Gasteiger charge is -1.95. The van der Waals surface area contributed by atoms with Crippen molar-refractivity contribution in [1.29, 1.82) is 0 Å². The van der Waals surface area contributed by atoms with Gasteiger partial charge in [-0.3, -0.25) is 5.43 Å². The zero-order valence-electron chi connectivity index (χ0n) is 5.77. The van der Waals surface area contributed by atoms with E-state index in [9.17, 15) is 4.91 Å². The van der Waals surface area contributed by atoms with Gasteiger partial charge in [-0.1, -0.05) is 18.2 Å². The number of anilines is 1. The molecule has 0 saturated heterocycles. The van der Waals surface area contributed by atoms with Crippen molar-refractivity contribution < 1.29 is 0 Å². The molecule has 1 N–H and O–H groups in total. The number of benzene rings is 1. The van der Waals surface area contributed by atoms with Crippen molar-refractivity contribution in [2.24, 2.45) is 10.3 Å². The first kappa shape index (κ1) is 7.40. The van der Waals surface area contributed by atoms with E-state index >= 15 is 0 Å². The molecule has 0 unspecified atom stereocenters. The first-order valence-corrected chi connectivity index (χ1v) is 3.08. The van der Waals surface area contributed by atoms with Crippen molar-refractivity contribution in [1.82, 2.24) is 0 Å². The Balaban J connectivity index is 2.51. The molecule has 0 aromatic heterocycles. The highest BCUT2D eigenvalue weighted by molar-refractivity contribution is 5.57. The summed E-state index contributed by atoms with van der Waals surface area (Å²) < 4.78 is 0. The summed E-state index contributed by atoms with van der Waals surface area (Å²) in [6.07, 6.45) is 0.910. The van der Waals surface area contributed by atoms with Gasteiger partial charge in [0.15, 0.2) is 6.34 Å². The van der Waals surface area contributed by atoms with Crippen LogP contribution in [0.4, 0.5) is 5.69 Å². The second-order valence-corrected chi connectivity index (χ2v) is 1.83. The van der Waals surface area contributed by atoms with Crippen LogP contribution in [-0.4, -0.2) is 6.34 Å². The first-order valence-electron chi connectivity index (χ1n) is 3.08. The molecule has 0 aliphatic heterocycles. The summed E-state index contributed by atoms with van der Waals surface area (Å²) in [5.74, 6) is 0. The molecule has 0 radical (unpaired) electrons. The highest BCUT2D eigenvalue weighted by Gasteiger charge is 1.82. The third-order valence-corrected chi connectivity index (χ3v) is 1.07. The molecule has 1 aromatic rings. The molecule has 0 spiro atoms. The fourth-order valence-electron chi connectivity index (χ4n) is 0.640. The summed E-state index contributed by atoms with van der Waals surface area (Å²) in [6, 6.07) is 9.30. The number of hydrogen-bond acceptors (Lipinski definition) is 3. The first-order chi connectivity index (χ1) is 5.43. The average molecular weight is 149 g/mol. The van der Waals surface area contributed by atoms with Gasteiger partial charge in [0.25, 0.3) is 0 Å². The van der Waals surface area contributed by atoms with Crippen molar-refractivity contribution in [3.05, 3.63) is 35.2 Å². The number of rotatable bonds is 3. The van der Waals surface area contributed by atoms with Gasteiger partial charge in [0.2, 0.25) is 0 Å². The molecule has 1 rings (SSSR count). The number of nitrogens with one attached hydrogen (secondary N) is 1. The number of nitroso groups, excluding NO2 is 1. The minimum absolute atomic E-state index is 0.826. The third kappa shape index (κ3) is 2.57. The van der Waals surface area contributed by atoms with Crippen LogP contribution in [0.15, 0.2) is 40.6 Å². The monoisotopic (exact) mass is 149 g/mol. The minimum Gasteiger partial charge on any atom is -0.277 e. The Labute approximate surface area is 63.9 Å². The molecule has 0 aliphatic rings. The van der Waals surface area contributed by atoms with Crippen LogP contribution in [0.3, 0.4) is 0 Å². The van der Waals surface area contributed by atoms with E-state index in [1.165, 1.54) is 0 Å². The van der Waals surface area contributed by atoms with Gasteiger partial charge in [-0.2, -0.15) is 5.10 Å². The van der Waals surface area contributed by atoms with Crippen LogP contribution in [0, 0.1) is 4.91 Å². The largest absolute Gasteiger partial charge is 0.277 e. The van der Waals surface area contributed by atoms with E-state index in [0.29, 0.717) is 0 Å². The van der Waals surface area contributed by atoms with Crippen LogP contribution < -0.4 is 5.43 Å². The Hall–Kier alpha value is -1.71. The molecular weight excluding hydrogens is 142 g/mol. The van der Waals surface area contributed by atoms with Crippen molar-refractivity contribution >= 4 is 12.0 Å². The Morgan fingerprint density at radius 2 is 2.00 bits per heavy atom. The molecule has 0 atom stereocenters. The van der Waals surface area contributed by atoms with E-state index in [4.69, 9.17) is 0 Å². The van der Waals surface area contributed by atoms with Crippen molar-refractivity contribution in [2.45, 2.75) is 0 Å². The highest BCUT2D eigenvalue weighted by atomic mass is 16.3. The summed E-state index contributed by atoms with van der Waals surface area (Å²) in [5, 5.41) is 5.95. The standard InChI is InChI=1S/C7H7N3O/c11-9-6-8-10-7-4-2-1-3-5-7/h1-6,10H. The summed E-state index contributed by atoms with van der Waals surface area (Å²) in [7, 11) is 0. The van der Waals surface area contributed by atoms with Crippen LogP contribution in [0.25, 0.3) is 0 Å². The number of nitrogens with zero attached hydrogens (tertiary/aromatic N) is 2. The van der Waals surface area contributed by atoms with Gasteiger partial charge >= 0.3 is 0 Å². The van der Waals surface area contributed by atoms with Crippen LogP contribution >= 0.6 is 0 Å². The van der Waals surface area contributed by atoms with Gasteiger partial charge in [-0.15, -0.1) is 4.91 Å². The Bertz CT molecular complexity index is 245. The molecule has 4 heteroatoms. The molecule has 56 valence electrons. The SMILES string of the molecule is O=NC=NNc1ccccc1. The fraction of sp³-hybridized carbons (Fsp3) is 0. The van der Waals surface area contributed by atoms with Crippen LogP contribution in [0.5, 0.6) is 0 Å². The van der Waals surface area contributed by atoms with Crippen molar-refractivity contribution in [3.8, 4) is 0 Å². The van der Waals surface area contributed by atoms with Crippen molar-refractivity contribution in [2.75, 3.05) is 5.43 Å². The molecule has 4 nitrogen and oxygen atoms in total.